The van der Waals surface area contributed by atoms with Gasteiger partial charge in [-0.1, -0.05) is 160 Å². The zero-order valence-electron chi connectivity index (χ0n) is 59.0. The number of carbonyl (C=O) groups is 1. The number of allylic oxidation sites excluding steroid dienone is 1. The van der Waals surface area contributed by atoms with Crippen LogP contribution in [-0.4, -0.2) is 323 Å². The summed E-state index contributed by atoms with van der Waals surface area (Å²) in [5, 5.41) is 189. The van der Waals surface area contributed by atoms with Gasteiger partial charge in [0.25, 0.3) is 0 Å². The van der Waals surface area contributed by atoms with Crippen LogP contribution < -0.4 is 5.32 Å². The van der Waals surface area contributed by atoms with Crippen LogP contribution >= 0.6 is 0 Å². The molecular weight excluding hydrogens is 1550 g/mol. The van der Waals surface area contributed by atoms with E-state index in [-0.39, 0.29) is 69.4 Å². The number of aliphatic hydroxyl groups excluding tert-OH is 17. The molecule has 101 heavy (non-hydrogen) atoms. The standard InChI is InChI=1S/C68H123N2O30.Ac/c1-4-6-8-10-12-14-16-17-19-20-22-24-26-28-39(76)38(70-47(78)29-27-25-23-21-18-15-13-11-9-7-5-2)36-89-63-40(77)30-41(42(31-71)92-63)91-66-57(87)55(85)59(46(35-75)96-66)97-67-58(88)61(52(82)45(34-74)94-67)99-64-48(69)60(51(81)44(33-73)93-64)98-68-62(54(84)50(80)43(32-72)95-68)100-65-56(86)53(83)49(79)37(3)90-65;/h26,28,37-46,48-69,71-77,79-88H,4-25,27,29-36H2,1-3H3,(H,70,78);/q-1;/b28-26+;/t37?,38?,39?,40?,41-,42?,43?,44?,45?,46?,48?,49+,50+,51+,52+,53?,54?,55?,56?,57?,58?,59+,60?,61?,62?,63-,64+,65+,66-,67+,68+;/m1./s1. The third kappa shape index (κ3) is 27.2. The second-order valence-electron chi connectivity index (χ2n) is 27.7. The molecular formula is C68H123AcN2O30-. The van der Waals surface area contributed by atoms with Gasteiger partial charge < -0.3 is 155 Å². The fourth-order valence-corrected chi connectivity index (χ4v) is 13.5. The molecule has 589 valence electrons. The predicted octanol–water partition coefficient (Wildman–Crippen LogP) is -1.16. The second kappa shape index (κ2) is 48.2. The minimum atomic E-state index is -2.18. The van der Waals surface area contributed by atoms with Gasteiger partial charge in [0, 0.05) is 56.9 Å². The van der Waals surface area contributed by atoms with Crippen LogP contribution in [-0.2, 0) is 61.6 Å². The van der Waals surface area contributed by atoms with Gasteiger partial charge >= 0.3 is 0 Å². The predicted molar refractivity (Wildman–Crippen MR) is 351 cm³/mol. The molecule has 31 atom stereocenters. The van der Waals surface area contributed by atoms with Crippen molar-refractivity contribution in [2.45, 2.75) is 372 Å². The molecule has 19 unspecified atom stereocenters. The van der Waals surface area contributed by atoms with Crippen LogP contribution in [0.2, 0.25) is 0 Å². The molecule has 1 radical (unpaired) electrons. The molecule has 0 aliphatic carbocycles. The van der Waals surface area contributed by atoms with E-state index in [1.54, 1.807) is 6.08 Å². The molecule has 33 heteroatoms. The number of ether oxygens (including phenoxy) is 12. The van der Waals surface area contributed by atoms with Crippen LogP contribution in [0.15, 0.2) is 12.2 Å². The van der Waals surface area contributed by atoms with Crippen molar-refractivity contribution < 1.29 is 193 Å². The first-order chi connectivity index (χ1) is 48.1. The first kappa shape index (κ1) is 91.1. The number of hydrogen-bond acceptors (Lipinski definition) is 30. The Kier molecular flexibility index (Phi) is 43.4. The fourth-order valence-electron chi connectivity index (χ4n) is 13.5. The third-order valence-corrected chi connectivity index (χ3v) is 19.8. The smallest absolute Gasteiger partial charge is 0.220 e. The van der Waals surface area contributed by atoms with Crippen LogP contribution in [0.3, 0.4) is 0 Å². The molecule has 6 fully saturated rings. The van der Waals surface area contributed by atoms with Gasteiger partial charge in [0.1, 0.15) is 122 Å². The van der Waals surface area contributed by atoms with E-state index in [9.17, 15) is 97.3 Å². The van der Waals surface area contributed by atoms with Crippen LogP contribution in [0.25, 0.3) is 5.73 Å². The van der Waals surface area contributed by atoms with E-state index in [1.807, 2.05) is 6.08 Å². The summed E-state index contributed by atoms with van der Waals surface area (Å²) in [6.45, 7) is 0.843. The average Bonchev–Trinajstić information content (AvgIpc) is 0.778. The van der Waals surface area contributed by atoms with Crippen molar-refractivity contribution in [3.8, 4) is 0 Å². The normalized spacial score (nSPS) is 39.2. The third-order valence-electron chi connectivity index (χ3n) is 19.8. The van der Waals surface area contributed by atoms with Gasteiger partial charge in [-0.2, -0.15) is 0 Å². The molecule has 6 rings (SSSR count). The van der Waals surface area contributed by atoms with Gasteiger partial charge in [0.2, 0.25) is 5.91 Å². The van der Waals surface area contributed by atoms with Crippen LogP contribution in [0, 0.1) is 44.1 Å². The maximum absolute atomic E-state index is 13.4. The minimum absolute atomic E-state index is 0. The molecule has 6 aliphatic rings. The molecule has 1 amide bonds. The van der Waals surface area contributed by atoms with Crippen molar-refractivity contribution in [2.75, 3.05) is 39.6 Å². The van der Waals surface area contributed by atoms with Crippen molar-refractivity contribution in [3.05, 3.63) is 17.9 Å². The van der Waals surface area contributed by atoms with Crippen molar-refractivity contribution >= 4 is 5.91 Å². The SMILES string of the molecule is CCCCCCCCCCCCC/C=C/C(O)C(CO[C@@H]1OC(CO)[C@H](O[C@@H]2OC(CO)[C@H](O[C@@H]3OC(CO)[C@H](O)C(O[C@@H]4OC(CO)[C@H](O)C(O[C@@H]5OC(CO)[C@H](O)C(O)C5O[C@@H]5OC(C)[C@H](O)C(O)C5O)C4[NH-])C3O)C(O)C2O)CC1O)NC(=O)CCCCCCCCCCCCC.[Ac]. The van der Waals surface area contributed by atoms with E-state index in [2.05, 4.69) is 19.2 Å². The Morgan fingerprint density at radius 3 is 1.44 bits per heavy atom. The number of unbranched alkanes of at least 4 members (excludes halogenated alkanes) is 21. The quantitative estimate of drug-likeness (QED) is 0.0253. The van der Waals surface area contributed by atoms with Gasteiger partial charge in [-0.25, -0.2) is 0 Å². The molecule has 6 saturated heterocycles. The summed E-state index contributed by atoms with van der Waals surface area (Å²) in [6, 6.07) is -2.94. The molecule has 32 nitrogen and oxygen atoms in total. The Labute approximate surface area is 628 Å². The number of nitrogens with one attached hydrogen (secondary N) is 2. The van der Waals surface area contributed by atoms with E-state index >= 15 is 0 Å². The Hall–Kier alpha value is -0.548. The van der Waals surface area contributed by atoms with E-state index in [0.717, 1.165) is 51.4 Å². The molecule has 0 aromatic heterocycles. The topological polar surface area (TPSA) is 508 Å². The Balaban J connectivity index is 0.0000184. The Morgan fingerprint density at radius 1 is 0.446 bits per heavy atom. The first-order valence-corrected chi connectivity index (χ1v) is 36.8. The molecule has 0 aromatic rings. The molecule has 19 N–H and O–H groups in total. The summed E-state index contributed by atoms with van der Waals surface area (Å²) < 4.78 is 70.2. The monoisotopic (exact) mass is 1670 g/mol. The van der Waals surface area contributed by atoms with Crippen molar-refractivity contribution in [1.82, 2.24) is 5.32 Å². The second-order valence-corrected chi connectivity index (χ2v) is 27.7. The number of aliphatic hydroxyl groups is 17. The summed E-state index contributed by atoms with van der Waals surface area (Å²) in [6.07, 6.45) is -21.6. The van der Waals surface area contributed by atoms with Gasteiger partial charge in [-0.15, -0.1) is 0 Å². The summed E-state index contributed by atoms with van der Waals surface area (Å²) in [5.41, 5.74) is 9.19. The number of hydrogen-bond donors (Lipinski definition) is 18. The van der Waals surface area contributed by atoms with Crippen molar-refractivity contribution in [2.24, 2.45) is 0 Å². The summed E-state index contributed by atoms with van der Waals surface area (Å²) >= 11 is 0. The Bertz CT molecular complexity index is 2230. The minimum Gasteiger partial charge on any atom is -0.668 e. The molecule has 0 saturated carbocycles. The van der Waals surface area contributed by atoms with E-state index < -0.39 is 223 Å². The summed E-state index contributed by atoms with van der Waals surface area (Å²) in [7, 11) is 0. The summed E-state index contributed by atoms with van der Waals surface area (Å²) in [4.78, 5) is 13.4. The molecule has 0 bridgehead atoms. The van der Waals surface area contributed by atoms with Gasteiger partial charge in [0.05, 0.1) is 70.1 Å². The summed E-state index contributed by atoms with van der Waals surface area (Å²) in [5.74, 6) is -0.281. The zero-order valence-corrected chi connectivity index (χ0v) is 63.7. The maximum atomic E-state index is 13.4. The van der Waals surface area contributed by atoms with Crippen LogP contribution in [0.5, 0.6) is 0 Å². The number of carbonyl (C=O) groups excluding carboxylic acids is 1. The van der Waals surface area contributed by atoms with Crippen molar-refractivity contribution in [3.63, 3.8) is 0 Å². The van der Waals surface area contributed by atoms with E-state index in [0.29, 0.717) is 6.42 Å². The van der Waals surface area contributed by atoms with Gasteiger partial charge in [-0.05, 0) is 26.2 Å². The average molecular weight is 1680 g/mol. The van der Waals surface area contributed by atoms with E-state index in [4.69, 9.17) is 56.8 Å². The number of amides is 1. The molecule has 0 spiro atoms. The fraction of sp³-hybridized carbons (Fsp3) is 0.956. The van der Waals surface area contributed by atoms with Gasteiger partial charge in [0.15, 0.2) is 31.5 Å². The van der Waals surface area contributed by atoms with E-state index in [1.165, 1.54) is 96.8 Å². The molecule has 6 aliphatic heterocycles. The maximum Gasteiger partial charge on any atom is 0.220 e. The first-order valence-electron chi connectivity index (χ1n) is 36.8. The zero-order chi connectivity index (χ0) is 73.0. The molecule has 0 aromatic carbocycles. The van der Waals surface area contributed by atoms with Crippen LogP contribution in [0.1, 0.15) is 181 Å². The van der Waals surface area contributed by atoms with Crippen LogP contribution in [0.4, 0.5) is 0 Å². The Morgan fingerprint density at radius 2 is 0.871 bits per heavy atom. The van der Waals surface area contributed by atoms with Gasteiger partial charge in [-0.3, -0.25) is 4.79 Å². The number of rotatable bonds is 45. The van der Waals surface area contributed by atoms with Crippen molar-refractivity contribution in [1.29, 1.82) is 0 Å². The largest absolute Gasteiger partial charge is 0.668 e. The molecule has 6 heterocycles.